The van der Waals surface area contributed by atoms with E-state index in [2.05, 4.69) is 27.4 Å². The van der Waals surface area contributed by atoms with Gasteiger partial charge < -0.3 is 10.5 Å². The average Bonchev–Trinajstić information content (AvgIpc) is 2.84. The number of nitrogens with two attached hydrogens (primary N) is 1. The first-order valence-corrected chi connectivity index (χ1v) is 7.49. The van der Waals surface area contributed by atoms with Gasteiger partial charge in [0.25, 0.3) is 0 Å². The standard InChI is InChI=1S/C14H16BrNOS/c1-10(16)14(11-4-6-12(15)7-5-11)17-9-13-3-2-8-18-13/h2-8,10,14H,9,16H2,1H3. The summed E-state index contributed by atoms with van der Waals surface area (Å²) in [5, 5.41) is 2.05. The molecule has 0 fully saturated rings. The van der Waals surface area contributed by atoms with Gasteiger partial charge in [0.2, 0.25) is 0 Å². The molecule has 1 heterocycles. The number of halogens is 1. The molecule has 0 aliphatic heterocycles. The number of thiophene rings is 1. The van der Waals surface area contributed by atoms with Gasteiger partial charge in [0.05, 0.1) is 12.7 Å². The smallest absolute Gasteiger partial charge is 0.0977 e. The van der Waals surface area contributed by atoms with Crippen LogP contribution in [0.5, 0.6) is 0 Å². The number of ether oxygens (including phenoxy) is 1. The predicted octanol–water partition coefficient (Wildman–Crippen LogP) is 4.12. The molecule has 18 heavy (non-hydrogen) atoms. The molecule has 0 bridgehead atoms. The Balaban J connectivity index is 2.06. The van der Waals surface area contributed by atoms with Crippen LogP contribution in [0.3, 0.4) is 0 Å². The van der Waals surface area contributed by atoms with Crippen LogP contribution in [0.4, 0.5) is 0 Å². The molecule has 2 rings (SSSR count). The van der Waals surface area contributed by atoms with E-state index in [4.69, 9.17) is 10.5 Å². The fraction of sp³-hybridized carbons (Fsp3) is 0.286. The van der Waals surface area contributed by atoms with Crippen molar-refractivity contribution in [3.05, 3.63) is 56.7 Å². The first-order chi connectivity index (χ1) is 8.66. The van der Waals surface area contributed by atoms with Crippen molar-refractivity contribution in [3.8, 4) is 0 Å². The van der Waals surface area contributed by atoms with E-state index in [-0.39, 0.29) is 12.1 Å². The Morgan fingerprint density at radius 2 is 2.00 bits per heavy atom. The van der Waals surface area contributed by atoms with Gasteiger partial charge in [-0.3, -0.25) is 0 Å². The summed E-state index contributed by atoms with van der Waals surface area (Å²) in [6.45, 7) is 2.58. The van der Waals surface area contributed by atoms with Gasteiger partial charge in [-0.25, -0.2) is 0 Å². The molecule has 0 aliphatic rings. The van der Waals surface area contributed by atoms with Crippen LogP contribution in [0.2, 0.25) is 0 Å². The summed E-state index contributed by atoms with van der Waals surface area (Å²) in [4.78, 5) is 1.22. The molecule has 2 atom stereocenters. The molecular formula is C14H16BrNOS. The summed E-state index contributed by atoms with van der Waals surface area (Å²) < 4.78 is 7.01. The van der Waals surface area contributed by atoms with E-state index in [1.807, 2.05) is 37.3 Å². The molecule has 0 amide bonds. The molecule has 0 aliphatic carbocycles. The third kappa shape index (κ3) is 3.65. The Hall–Kier alpha value is -0.680. The summed E-state index contributed by atoms with van der Waals surface area (Å²) >= 11 is 5.13. The zero-order chi connectivity index (χ0) is 13.0. The topological polar surface area (TPSA) is 35.2 Å². The van der Waals surface area contributed by atoms with Crippen molar-refractivity contribution in [2.24, 2.45) is 5.73 Å². The molecule has 1 aromatic carbocycles. The number of hydrogen-bond donors (Lipinski definition) is 1. The minimum Gasteiger partial charge on any atom is -0.366 e. The van der Waals surface area contributed by atoms with Crippen LogP contribution in [0.1, 0.15) is 23.5 Å². The fourth-order valence-electron chi connectivity index (χ4n) is 1.77. The van der Waals surface area contributed by atoms with Crippen molar-refractivity contribution < 1.29 is 4.74 Å². The van der Waals surface area contributed by atoms with Gasteiger partial charge in [-0.1, -0.05) is 34.1 Å². The van der Waals surface area contributed by atoms with Gasteiger partial charge in [-0.2, -0.15) is 0 Å². The first-order valence-electron chi connectivity index (χ1n) is 5.82. The molecule has 2 unspecified atom stereocenters. The minimum absolute atomic E-state index is 0.0360. The molecule has 96 valence electrons. The predicted molar refractivity (Wildman–Crippen MR) is 79.6 cm³/mol. The van der Waals surface area contributed by atoms with E-state index < -0.39 is 0 Å². The summed E-state index contributed by atoms with van der Waals surface area (Å²) in [7, 11) is 0. The second kappa shape index (κ2) is 6.48. The zero-order valence-electron chi connectivity index (χ0n) is 10.2. The van der Waals surface area contributed by atoms with Gasteiger partial charge in [0.15, 0.2) is 0 Å². The largest absolute Gasteiger partial charge is 0.366 e. The molecule has 2 aromatic rings. The molecule has 0 saturated heterocycles. The Morgan fingerprint density at radius 1 is 1.28 bits per heavy atom. The molecule has 1 aromatic heterocycles. The minimum atomic E-state index is -0.0693. The second-order valence-electron chi connectivity index (χ2n) is 4.22. The molecule has 0 spiro atoms. The number of hydrogen-bond acceptors (Lipinski definition) is 3. The van der Waals surface area contributed by atoms with E-state index >= 15 is 0 Å². The van der Waals surface area contributed by atoms with E-state index in [1.54, 1.807) is 11.3 Å². The van der Waals surface area contributed by atoms with Crippen LogP contribution in [0, 0.1) is 0 Å². The summed E-state index contributed by atoms with van der Waals surface area (Å²) in [5.41, 5.74) is 7.13. The average molecular weight is 326 g/mol. The summed E-state index contributed by atoms with van der Waals surface area (Å²) in [5.74, 6) is 0. The van der Waals surface area contributed by atoms with Crippen LogP contribution in [-0.4, -0.2) is 6.04 Å². The molecule has 2 N–H and O–H groups in total. The Labute approximate surface area is 120 Å². The Kier molecular flexibility index (Phi) is 4.95. The lowest BCUT2D eigenvalue weighted by molar-refractivity contribution is 0.0274. The highest BCUT2D eigenvalue weighted by Crippen LogP contribution is 2.24. The highest BCUT2D eigenvalue weighted by molar-refractivity contribution is 9.10. The highest BCUT2D eigenvalue weighted by atomic mass is 79.9. The van der Waals surface area contributed by atoms with Crippen molar-refractivity contribution in [1.29, 1.82) is 0 Å². The molecule has 4 heteroatoms. The van der Waals surface area contributed by atoms with Crippen LogP contribution in [0.25, 0.3) is 0 Å². The van der Waals surface area contributed by atoms with Gasteiger partial charge >= 0.3 is 0 Å². The first kappa shape index (κ1) is 13.7. The maximum atomic E-state index is 6.01. The fourth-order valence-corrected chi connectivity index (χ4v) is 2.66. The quantitative estimate of drug-likeness (QED) is 0.897. The van der Waals surface area contributed by atoms with Crippen LogP contribution >= 0.6 is 27.3 Å². The van der Waals surface area contributed by atoms with Crippen molar-refractivity contribution in [1.82, 2.24) is 0 Å². The molecule has 0 saturated carbocycles. The van der Waals surface area contributed by atoms with Crippen molar-refractivity contribution in [3.63, 3.8) is 0 Å². The maximum Gasteiger partial charge on any atom is 0.0977 e. The van der Waals surface area contributed by atoms with Crippen LogP contribution in [-0.2, 0) is 11.3 Å². The third-order valence-electron chi connectivity index (χ3n) is 2.66. The van der Waals surface area contributed by atoms with E-state index in [0.717, 1.165) is 10.0 Å². The SMILES string of the molecule is CC(N)C(OCc1cccs1)c1ccc(Br)cc1. The summed E-state index contributed by atoms with van der Waals surface area (Å²) in [6.07, 6.45) is -0.0693. The van der Waals surface area contributed by atoms with Crippen molar-refractivity contribution >= 4 is 27.3 Å². The lowest BCUT2D eigenvalue weighted by atomic mass is 10.0. The molecular weight excluding hydrogens is 310 g/mol. The Morgan fingerprint density at radius 3 is 2.56 bits per heavy atom. The number of rotatable bonds is 5. The van der Waals surface area contributed by atoms with Gasteiger partial charge in [-0.15, -0.1) is 11.3 Å². The maximum absolute atomic E-state index is 6.01. The second-order valence-corrected chi connectivity index (χ2v) is 6.17. The van der Waals surface area contributed by atoms with Crippen LogP contribution in [0.15, 0.2) is 46.3 Å². The van der Waals surface area contributed by atoms with Gasteiger partial charge in [0.1, 0.15) is 0 Å². The lowest BCUT2D eigenvalue weighted by Crippen LogP contribution is -2.26. The van der Waals surface area contributed by atoms with E-state index in [0.29, 0.717) is 6.61 Å². The zero-order valence-corrected chi connectivity index (χ0v) is 12.6. The Bertz CT molecular complexity index is 467. The monoisotopic (exact) mass is 325 g/mol. The van der Waals surface area contributed by atoms with Crippen LogP contribution < -0.4 is 5.73 Å². The van der Waals surface area contributed by atoms with E-state index in [1.165, 1.54) is 4.88 Å². The van der Waals surface area contributed by atoms with Crippen molar-refractivity contribution in [2.75, 3.05) is 0 Å². The van der Waals surface area contributed by atoms with Gasteiger partial charge in [0, 0.05) is 15.4 Å². The third-order valence-corrected chi connectivity index (χ3v) is 4.04. The molecule has 0 radical (unpaired) electrons. The van der Waals surface area contributed by atoms with Gasteiger partial charge in [-0.05, 0) is 36.1 Å². The highest BCUT2D eigenvalue weighted by Gasteiger charge is 2.17. The lowest BCUT2D eigenvalue weighted by Gasteiger charge is -2.21. The normalized spacial score (nSPS) is 14.4. The summed E-state index contributed by atoms with van der Waals surface area (Å²) in [6, 6.07) is 12.2. The van der Waals surface area contributed by atoms with E-state index in [9.17, 15) is 0 Å². The molecule has 2 nitrogen and oxygen atoms in total. The number of benzene rings is 1. The van der Waals surface area contributed by atoms with Crippen molar-refractivity contribution in [2.45, 2.75) is 25.7 Å².